The molecule has 0 N–H and O–H groups in total. The summed E-state index contributed by atoms with van der Waals surface area (Å²) in [5.74, 6) is 0. The molecule has 0 amide bonds. The molecular weight excluding hydrogens is 190 g/mol. The van der Waals surface area contributed by atoms with Gasteiger partial charge in [-0.25, -0.2) is 0 Å². The van der Waals surface area contributed by atoms with E-state index >= 15 is 0 Å². The van der Waals surface area contributed by atoms with Crippen molar-refractivity contribution in [1.82, 2.24) is 0 Å². The van der Waals surface area contributed by atoms with Crippen LogP contribution in [0, 0.1) is 0 Å². The fourth-order valence-electron chi connectivity index (χ4n) is 1.66. The van der Waals surface area contributed by atoms with Gasteiger partial charge in [-0.1, -0.05) is 16.7 Å². The molecule has 1 aliphatic rings. The quantitative estimate of drug-likeness (QED) is 0.542. The van der Waals surface area contributed by atoms with Gasteiger partial charge in [-0.05, 0) is 19.1 Å². The van der Waals surface area contributed by atoms with Crippen LogP contribution in [-0.4, -0.2) is 23.5 Å². The Morgan fingerprint density at radius 3 is 3.00 bits per heavy atom. The van der Waals surface area contributed by atoms with Gasteiger partial charge in [-0.3, -0.25) is 0 Å². The van der Waals surface area contributed by atoms with Gasteiger partial charge in [-0.15, -0.1) is 0 Å². The summed E-state index contributed by atoms with van der Waals surface area (Å²) in [6.45, 7) is 2.46. The first kappa shape index (κ1) is 9.84. The van der Waals surface area contributed by atoms with E-state index in [2.05, 4.69) is 0 Å². The predicted molar refractivity (Wildman–Crippen MR) is 56.5 cm³/mol. The second-order valence-electron chi connectivity index (χ2n) is 3.23. The molecule has 1 unspecified atom stereocenters. The number of para-hydroxylation sites is 1. The van der Waals surface area contributed by atoms with Crippen molar-refractivity contribution in [2.75, 3.05) is 6.61 Å². The van der Waals surface area contributed by atoms with E-state index in [1.54, 1.807) is 0 Å². The molecule has 0 spiro atoms. The van der Waals surface area contributed by atoms with Crippen LogP contribution in [0.25, 0.3) is 6.08 Å². The number of ether oxygens (including phenoxy) is 1. The first-order valence-electron chi connectivity index (χ1n) is 4.92. The van der Waals surface area contributed by atoms with Gasteiger partial charge in [0.25, 0.3) is 6.23 Å². The molecule has 15 heavy (non-hydrogen) atoms. The minimum Gasteiger partial charge on any atom is -0.317 e. The number of benzene rings is 1. The summed E-state index contributed by atoms with van der Waals surface area (Å²) < 4.78 is 6.89. The second kappa shape index (κ2) is 4.22. The zero-order valence-electron chi connectivity index (χ0n) is 8.51. The fourth-order valence-corrected chi connectivity index (χ4v) is 1.66. The number of carbonyl (C=O) groups excluding carboxylic acids is 1. The molecule has 1 atom stereocenters. The molecule has 0 fully saturated rings. The van der Waals surface area contributed by atoms with Gasteiger partial charge >= 0.3 is 6.08 Å². The third kappa shape index (κ3) is 1.75. The van der Waals surface area contributed by atoms with E-state index in [-0.39, 0.29) is 6.23 Å². The monoisotopic (exact) mass is 202 g/mol. The summed E-state index contributed by atoms with van der Waals surface area (Å²) in [5, 5.41) is 0. The van der Waals surface area contributed by atoms with E-state index < -0.39 is 0 Å². The predicted octanol–water partition coefficient (Wildman–Crippen LogP) is 2.06. The highest BCUT2D eigenvalue weighted by atomic mass is 16.5. The lowest BCUT2D eigenvalue weighted by Gasteiger charge is -2.13. The van der Waals surface area contributed by atoms with Crippen LogP contribution in [0.1, 0.15) is 12.5 Å². The summed E-state index contributed by atoms with van der Waals surface area (Å²) in [6, 6.07) is 7.67. The number of rotatable bonds is 2. The highest BCUT2D eigenvalue weighted by molar-refractivity contribution is 5.63. The van der Waals surface area contributed by atoms with Crippen LogP contribution in [-0.2, 0) is 9.53 Å². The van der Waals surface area contributed by atoms with Crippen molar-refractivity contribution >= 4 is 17.8 Å². The van der Waals surface area contributed by atoms with E-state index in [1.165, 1.54) is 4.58 Å². The molecule has 76 valence electrons. The molecule has 0 radical (unpaired) electrons. The maximum absolute atomic E-state index is 10.9. The summed E-state index contributed by atoms with van der Waals surface area (Å²) in [6.07, 6.45) is 5.39. The lowest BCUT2D eigenvalue weighted by atomic mass is 10.1. The molecule has 0 aliphatic carbocycles. The van der Waals surface area contributed by atoms with E-state index in [0.717, 1.165) is 11.3 Å². The van der Waals surface area contributed by atoms with Crippen molar-refractivity contribution < 1.29 is 14.1 Å². The molecule has 3 nitrogen and oxygen atoms in total. The third-order valence-electron chi connectivity index (χ3n) is 2.33. The Bertz CT molecular complexity index is 445. The van der Waals surface area contributed by atoms with Crippen molar-refractivity contribution in [2.24, 2.45) is 0 Å². The largest absolute Gasteiger partial charge is 0.433 e. The highest BCUT2D eigenvalue weighted by Gasteiger charge is 2.27. The smallest absolute Gasteiger partial charge is 0.317 e. The van der Waals surface area contributed by atoms with Crippen molar-refractivity contribution in [3.8, 4) is 0 Å². The maximum atomic E-state index is 10.9. The Balaban J connectivity index is 2.47. The Morgan fingerprint density at radius 2 is 2.27 bits per heavy atom. The number of fused-ring (bicyclic) bond motifs is 1. The number of isocyanates is 1. The SMILES string of the molecule is CCOC1C=Cc2ccccc2[N+]1=C=O. The molecule has 3 heteroatoms. The summed E-state index contributed by atoms with van der Waals surface area (Å²) in [5.41, 5.74) is 1.85. The van der Waals surface area contributed by atoms with Crippen LogP contribution < -0.4 is 0 Å². The van der Waals surface area contributed by atoms with Gasteiger partial charge < -0.3 is 4.74 Å². The molecular formula is C12H12NO2+. The maximum Gasteiger partial charge on any atom is 0.433 e. The molecule has 2 rings (SSSR count). The molecule has 1 aromatic carbocycles. The third-order valence-corrected chi connectivity index (χ3v) is 2.33. The van der Waals surface area contributed by atoms with Gasteiger partial charge in [0.15, 0.2) is 0 Å². The standard InChI is InChI=1S/C12H12NO2/c1-2-15-12-8-7-10-5-3-4-6-11(10)13(12)9-14/h3-8,12H,2H2,1H3/q+1. The second-order valence-corrected chi connectivity index (χ2v) is 3.23. The van der Waals surface area contributed by atoms with E-state index in [1.807, 2.05) is 49.4 Å². The lowest BCUT2D eigenvalue weighted by Crippen LogP contribution is -2.25. The summed E-state index contributed by atoms with van der Waals surface area (Å²) in [4.78, 5) is 10.9. The van der Waals surface area contributed by atoms with Crippen molar-refractivity contribution in [1.29, 1.82) is 0 Å². The Hall–Kier alpha value is -1.70. The number of hydrogen-bond donors (Lipinski definition) is 0. The molecule has 0 bridgehead atoms. The minimum atomic E-state index is -0.331. The van der Waals surface area contributed by atoms with Crippen LogP contribution in [0.3, 0.4) is 0 Å². The molecule has 1 aromatic rings. The van der Waals surface area contributed by atoms with Gasteiger partial charge in [0, 0.05) is 17.7 Å². The van der Waals surface area contributed by atoms with E-state index in [0.29, 0.717) is 6.61 Å². The Kier molecular flexibility index (Phi) is 2.77. The van der Waals surface area contributed by atoms with Crippen LogP contribution in [0.4, 0.5) is 5.69 Å². The van der Waals surface area contributed by atoms with Crippen LogP contribution in [0.5, 0.6) is 0 Å². The number of hydrogen-bond acceptors (Lipinski definition) is 2. The van der Waals surface area contributed by atoms with Gasteiger partial charge in [-0.2, -0.15) is 4.79 Å². The van der Waals surface area contributed by atoms with Crippen LogP contribution in [0.2, 0.25) is 0 Å². The Morgan fingerprint density at radius 1 is 1.47 bits per heavy atom. The lowest BCUT2D eigenvalue weighted by molar-refractivity contribution is -0.526. The van der Waals surface area contributed by atoms with Gasteiger partial charge in [0.2, 0.25) is 5.69 Å². The van der Waals surface area contributed by atoms with Gasteiger partial charge in [0.05, 0.1) is 6.61 Å². The van der Waals surface area contributed by atoms with Crippen LogP contribution in [0.15, 0.2) is 30.3 Å². The molecule has 1 aliphatic heterocycles. The molecule has 1 heterocycles. The zero-order chi connectivity index (χ0) is 10.7. The first-order chi connectivity index (χ1) is 7.36. The highest BCUT2D eigenvalue weighted by Crippen LogP contribution is 2.26. The average molecular weight is 202 g/mol. The van der Waals surface area contributed by atoms with Crippen molar-refractivity contribution in [3.63, 3.8) is 0 Å². The average Bonchev–Trinajstić information content (AvgIpc) is 2.29. The van der Waals surface area contributed by atoms with Crippen LogP contribution >= 0.6 is 0 Å². The Labute approximate surface area is 88.3 Å². The zero-order valence-corrected chi connectivity index (χ0v) is 8.51. The summed E-state index contributed by atoms with van der Waals surface area (Å²) >= 11 is 0. The van der Waals surface area contributed by atoms with E-state index in [4.69, 9.17) is 4.74 Å². The molecule has 0 aromatic heterocycles. The van der Waals surface area contributed by atoms with Crippen molar-refractivity contribution in [2.45, 2.75) is 13.2 Å². The normalized spacial score (nSPS) is 18.5. The molecule has 0 saturated carbocycles. The fraction of sp³-hybridized carbons (Fsp3) is 0.250. The first-order valence-corrected chi connectivity index (χ1v) is 4.92. The van der Waals surface area contributed by atoms with Crippen molar-refractivity contribution in [3.05, 3.63) is 35.9 Å². The minimum absolute atomic E-state index is 0.331. The topological polar surface area (TPSA) is 29.3 Å². The van der Waals surface area contributed by atoms with Gasteiger partial charge in [0.1, 0.15) is 0 Å². The number of nitrogens with zero attached hydrogens (tertiary/aromatic N) is 1. The van der Waals surface area contributed by atoms with E-state index in [9.17, 15) is 4.79 Å². The molecule has 0 saturated heterocycles. The summed E-state index contributed by atoms with van der Waals surface area (Å²) in [7, 11) is 0.